The van der Waals surface area contributed by atoms with E-state index < -0.39 is 9.84 Å². The molecule has 0 radical (unpaired) electrons. The Labute approximate surface area is 111 Å². The van der Waals surface area contributed by atoms with Gasteiger partial charge in [0.1, 0.15) is 9.84 Å². The van der Waals surface area contributed by atoms with Crippen LogP contribution in [0.4, 0.5) is 0 Å². The van der Waals surface area contributed by atoms with Gasteiger partial charge in [0.05, 0.1) is 5.75 Å². The molecule has 1 heterocycles. The summed E-state index contributed by atoms with van der Waals surface area (Å²) in [6, 6.07) is 3.73. The summed E-state index contributed by atoms with van der Waals surface area (Å²) in [5.74, 6) is 0.137. The van der Waals surface area contributed by atoms with Crippen LogP contribution in [0.25, 0.3) is 0 Å². The van der Waals surface area contributed by atoms with Gasteiger partial charge in [-0.05, 0) is 34.6 Å². The molecule has 0 aromatic carbocycles. The zero-order chi connectivity index (χ0) is 12.9. The Morgan fingerprint density at radius 2 is 2.18 bits per heavy atom. The van der Waals surface area contributed by atoms with E-state index >= 15 is 0 Å². The van der Waals surface area contributed by atoms with Crippen molar-refractivity contribution in [2.75, 3.05) is 18.6 Å². The van der Waals surface area contributed by atoms with Gasteiger partial charge < -0.3 is 5.32 Å². The van der Waals surface area contributed by atoms with Crippen molar-refractivity contribution in [2.24, 2.45) is 0 Å². The van der Waals surface area contributed by atoms with E-state index in [0.717, 1.165) is 16.7 Å². The minimum absolute atomic E-state index is 0.0799. The number of nitrogens with one attached hydrogen (secondary N) is 1. The van der Waals surface area contributed by atoms with Gasteiger partial charge in [0.15, 0.2) is 0 Å². The normalized spacial score (nSPS) is 13.6. The second-order valence-corrected chi connectivity index (χ2v) is 7.12. The standard InChI is InChI=1S/C11H17BrN2O2S/c1-3-13-11(8-17(2,15)16)6-10-5-4-9(12)7-14-10/h4-5,7,11,13H,3,6,8H2,1-2H3. The summed E-state index contributed by atoms with van der Waals surface area (Å²) in [7, 11) is -2.97. The summed E-state index contributed by atoms with van der Waals surface area (Å²) in [4.78, 5) is 4.25. The number of nitrogens with zero attached hydrogens (tertiary/aromatic N) is 1. The maximum absolute atomic E-state index is 11.3. The number of aromatic nitrogens is 1. The smallest absolute Gasteiger partial charge is 0.148 e. The number of halogens is 1. The Bertz CT molecular complexity index is 445. The molecule has 1 unspecified atom stereocenters. The maximum Gasteiger partial charge on any atom is 0.148 e. The molecule has 0 spiro atoms. The van der Waals surface area contributed by atoms with Gasteiger partial charge in [-0.1, -0.05) is 6.92 Å². The molecule has 17 heavy (non-hydrogen) atoms. The molecule has 1 aromatic rings. The van der Waals surface area contributed by atoms with Crippen LogP contribution < -0.4 is 5.32 Å². The highest BCUT2D eigenvalue weighted by molar-refractivity contribution is 9.10. The monoisotopic (exact) mass is 320 g/mol. The third kappa shape index (κ3) is 6.14. The Hall–Kier alpha value is -0.460. The lowest BCUT2D eigenvalue weighted by atomic mass is 10.1. The Morgan fingerprint density at radius 1 is 1.47 bits per heavy atom. The summed E-state index contributed by atoms with van der Waals surface area (Å²) in [5, 5.41) is 3.17. The Balaban J connectivity index is 2.69. The first-order valence-corrected chi connectivity index (χ1v) is 8.27. The molecule has 1 rings (SSSR count). The van der Waals surface area contributed by atoms with E-state index in [2.05, 4.69) is 26.2 Å². The van der Waals surface area contributed by atoms with Gasteiger partial charge in [-0.15, -0.1) is 0 Å². The van der Waals surface area contributed by atoms with E-state index in [4.69, 9.17) is 0 Å². The first-order chi connectivity index (χ1) is 7.90. The van der Waals surface area contributed by atoms with Crippen LogP contribution in [0.2, 0.25) is 0 Å². The van der Waals surface area contributed by atoms with Crippen LogP contribution in [0.1, 0.15) is 12.6 Å². The average molecular weight is 321 g/mol. The Morgan fingerprint density at radius 3 is 2.65 bits per heavy atom. The van der Waals surface area contributed by atoms with Gasteiger partial charge in [0.25, 0.3) is 0 Å². The van der Waals surface area contributed by atoms with Crippen molar-refractivity contribution >= 4 is 25.8 Å². The van der Waals surface area contributed by atoms with Crippen LogP contribution in [-0.4, -0.2) is 38.0 Å². The van der Waals surface area contributed by atoms with Crippen LogP contribution in [0.3, 0.4) is 0 Å². The van der Waals surface area contributed by atoms with E-state index in [-0.39, 0.29) is 11.8 Å². The number of hydrogen-bond acceptors (Lipinski definition) is 4. The first kappa shape index (κ1) is 14.6. The van der Waals surface area contributed by atoms with Crippen molar-refractivity contribution in [3.63, 3.8) is 0 Å². The fourth-order valence-electron chi connectivity index (χ4n) is 1.62. The van der Waals surface area contributed by atoms with E-state index in [0.29, 0.717) is 6.42 Å². The van der Waals surface area contributed by atoms with E-state index in [9.17, 15) is 8.42 Å². The molecule has 0 fully saturated rings. The molecule has 96 valence electrons. The van der Waals surface area contributed by atoms with Gasteiger partial charge in [0, 0.05) is 35.1 Å². The number of rotatable bonds is 6. The minimum Gasteiger partial charge on any atom is -0.313 e. The quantitative estimate of drug-likeness (QED) is 0.861. The summed E-state index contributed by atoms with van der Waals surface area (Å²) in [6.07, 6.45) is 3.60. The zero-order valence-corrected chi connectivity index (χ0v) is 12.4. The Kier molecular flexibility index (Phi) is 5.55. The van der Waals surface area contributed by atoms with Crippen LogP contribution in [0.5, 0.6) is 0 Å². The molecule has 0 aliphatic rings. The van der Waals surface area contributed by atoms with Crippen molar-refractivity contribution in [3.8, 4) is 0 Å². The molecule has 1 atom stereocenters. The van der Waals surface area contributed by atoms with Crippen molar-refractivity contribution in [1.82, 2.24) is 10.3 Å². The van der Waals surface area contributed by atoms with Crippen LogP contribution in [0.15, 0.2) is 22.8 Å². The van der Waals surface area contributed by atoms with Crippen molar-refractivity contribution in [1.29, 1.82) is 0 Å². The lowest BCUT2D eigenvalue weighted by molar-refractivity contribution is 0.541. The second-order valence-electron chi connectivity index (χ2n) is 4.02. The lowest BCUT2D eigenvalue weighted by Crippen LogP contribution is -2.37. The summed E-state index contributed by atoms with van der Waals surface area (Å²) in [6.45, 7) is 2.71. The molecule has 0 aliphatic carbocycles. The highest BCUT2D eigenvalue weighted by Crippen LogP contribution is 2.09. The number of hydrogen-bond donors (Lipinski definition) is 1. The van der Waals surface area contributed by atoms with Crippen molar-refractivity contribution in [3.05, 3.63) is 28.5 Å². The topological polar surface area (TPSA) is 59.1 Å². The van der Waals surface area contributed by atoms with Crippen LogP contribution in [-0.2, 0) is 16.3 Å². The fourth-order valence-corrected chi connectivity index (χ4v) is 2.82. The molecule has 1 aromatic heterocycles. The van der Waals surface area contributed by atoms with Crippen LogP contribution >= 0.6 is 15.9 Å². The predicted molar refractivity (Wildman–Crippen MR) is 72.8 cm³/mol. The zero-order valence-electron chi connectivity index (χ0n) is 9.98. The molecular formula is C11H17BrN2O2S. The van der Waals surface area contributed by atoms with Crippen molar-refractivity contribution in [2.45, 2.75) is 19.4 Å². The fraction of sp³-hybridized carbons (Fsp3) is 0.545. The molecule has 1 N–H and O–H groups in total. The molecule has 0 bridgehead atoms. The molecule has 0 amide bonds. The van der Waals surface area contributed by atoms with Crippen molar-refractivity contribution < 1.29 is 8.42 Å². The van der Waals surface area contributed by atoms with Gasteiger partial charge in [-0.2, -0.15) is 0 Å². The van der Waals surface area contributed by atoms with Gasteiger partial charge in [-0.25, -0.2) is 8.42 Å². The number of pyridine rings is 1. The minimum atomic E-state index is -2.97. The molecule has 4 nitrogen and oxygen atoms in total. The SMILES string of the molecule is CCNC(Cc1ccc(Br)cn1)CS(C)(=O)=O. The average Bonchev–Trinajstić information content (AvgIpc) is 2.19. The molecule has 0 saturated heterocycles. The first-order valence-electron chi connectivity index (χ1n) is 5.42. The third-order valence-corrected chi connectivity index (χ3v) is 3.72. The molecule has 0 aliphatic heterocycles. The maximum atomic E-state index is 11.3. The lowest BCUT2D eigenvalue weighted by Gasteiger charge is -2.16. The third-order valence-electron chi connectivity index (χ3n) is 2.24. The van der Waals surface area contributed by atoms with E-state index in [1.807, 2.05) is 19.1 Å². The predicted octanol–water partition coefficient (Wildman–Crippen LogP) is 1.41. The molecule has 6 heteroatoms. The summed E-state index contributed by atoms with van der Waals surface area (Å²) < 4.78 is 23.5. The highest BCUT2D eigenvalue weighted by Gasteiger charge is 2.15. The van der Waals surface area contributed by atoms with E-state index in [1.54, 1.807) is 6.20 Å². The van der Waals surface area contributed by atoms with Gasteiger partial charge in [-0.3, -0.25) is 4.98 Å². The number of likely N-dealkylation sites (N-methyl/N-ethyl adjacent to an activating group) is 1. The number of sulfone groups is 1. The summed E-state index contributed by atoms with van der Waals surface area (Å²) >= 11 is 3.32. The van der Waals surface area contributed by atoms with Gasteiger partial charge >= 0.3 is 0 Å². The summed E-state index contributed by atoms with van der Waals surface area (Å²) in [5.41, 5.74) is 0.891. The van der Waals surface area contributed by atoms with Gasteiger partial charge in [0.2, 0.25) is 0 Å². The molecule has 0 saturated carbocycles. The largest absolute Gasteiger partial charge is 0.313 e. The highest BCUT2D eigenvalue weighted by atomic mass is 79.9. The van der Waals surface area contributed by atoms with E-state index in [1.165, 1.54) is 6.26 Å². The second kappa shape index (κ2) is 6.47. The van der Waals surface area contributed by atoms with Crippen LogP contribution in [0, 0.1) is 0 Å². The molecular weight excluding hydrogens is 304 g/mol.